The molecule has 1 nitrogen and oxygen atoms in total. The normalized spacial score (nSPS) is 12.7. The summed E-state index contributed by atoms with van der Waals surface area (Å²) in [6.45, 7) is 0.636. The molecule has 2 aromatic rings. The lowest BCUT2D eigenvalue weighted by Gasteiger charge is -2.14. The number of alkyl halides is 1. The molecule has 0 amide bonds. The number of halogens is 1. The van der Waals surface area contributed by atoms with E-state index in [1.54, 1.807) is 0 Å². The molecule has 0 heterocycles. The summed E-state index contributed by atoms with van der Waals surface area (Å²) in [5.74, 6) is 0. The quantitative estimate of drug-likeness (QED) is 0.524. The number of rotatable bonds is 6. The molecule has 2 aromatic carbocycles. The van der Waals surface area contributed by atoms with Crippen molar-refractivity contribution in [1.82, 2.24) is 0 Å². The van der Waals surface area contributed by atoms with Crippen LogP contribution in [0, 0.1) is 0 Å². The zero-order valence-electron chi connectivity index (χ0n) is 10.7. The van der Waals surface area contributed by atoms with Gasteiger partial charge >= 0.3 is 0 Å². The fourth-order valence-corrected chi connectivity index (χ4v) is 2.58. The van der Waals surface area contributed by atoms with Crippen LogP contribution in [0.5, 0.6) is 0 Å². The van der Waals surface area contributed by atoms with Gasteiger partial charge in [0.25, 0.3) is 0 Å². The van der Waals surface area contributed by atoms with Gasteiger partial charge in [-0.2, -0.15) is 0 Å². The van der Waals surface area contributed by atoms with E-state index in [0.717, 1.165) is 4.43 Å². The molecule has 2 rings (SSSR count). The third-order valence-electron chi connectivity index (χ3n) is 2.82. The van der Waals surface area contributed by atoms with Crippen LogP contribution in [-0.2, 0) is 4.74 Å². The van der Waals surface area contributed by atoms with Gasteiger partial charge in [0.05, 0.1) is 12.7 Å². The van der Waals surface area contributed by atoms with E-state index >= 15 is 0 Å². The Kier molecular flexibility index (Phi) is 6.11. The summed E-state index contributed by atoms with van der Waals surface area (Å²) in [7, 11) is 0. The molecule has 0 saturated carbocycles. The van der Waals surface area contributed by atoms with Crippen molar-refractivity contribution in [2.24, 2.45) is 0 Å². The largest absolute Gasteiger partial charge is 0.369 e. The predicted octanol–water partition coefficient (Wildman–Crippen LogP) is 4.89. The fourth-order valence-electron chi connectivity index (χ4n) is 1.82. The van der Waals surface area contributed by atoms with Gasteiger partial charge in [-0.15, -0.1) is 0 Å². The van der Waals surface area contributed by atoms with Crippen LogP contribution in [0.25, 0.3) is 6.08 Å². The van der Waals surface area contributed by atoms with Crippen LogP contribution >= 0.6 is 22.6 Å². The molecule has 19 heavy (non-hydrogen) atoms. The molecule has 1 unspecified atom stereocenters. The first kappa shape index (κ1) is 14.3. The Hall–Kier alpha value is -1.13. The summed E-state index contributed by atoms with van der Waals surface area (Å²) in [5.41, 5.74) is 2.45. The third-order valence-corrected chi connectivity index (χ3v) is 3.61. The minimum absolute atomic E-state index is 0.169. The van der Waals surface area contributed by atoms with Gasteiger partial charge in [0.15, 0.2) is 0 Å². The highest BCUT2D eigenvalue weighted by molar-refractivity contribution is 14.1. The molecule has 0 saturated heterocycles. The molecule has 2 heteroatoms. The molecule has 1 atom stereocenters. The van der Waals surface area contributed by atoms with E-state index in [1.165, 1.54) is 11.1 Å². The van der Waals surface area contributed by atoms with E-state index in [0.29, 0.717) is 6.61 Å². The average Bonchev–Trinajstić information content (AvgIpc) is 2.49. The molecule has 0 fully saturated rings. The summed E-state index contributed by atoms with van der Waals surface area (Å²) in [6.07, 6.45) is 4.33. The maximum absolute atomic E-state index is 5.90. The molecule has 0 aliphatic carbocycles. The van der Waals surface area contributed by atoms with Crippen molar-refractivity contribution in [1.29, 1.82) is 0 Å². The first-order valence-corrected chi connectivity index (χ1v) is 7.87. The summed E-state index contributed by atoms with van der Waals surface area (Å²) >= 11 is 2.37. The Morgan fingerprint density at radius 3 is 2.21 bits per heavy atom. The van der Waals surface area contributed by atoms with Crippen LogP contribution in [0.4, 0.5) is 0 Å². The van der Waals surface area contributed by atoms with E-state index in [1.807, 2.05) is 24.3 Å². The lowest BCUT2D eigenvalue weighted by atomic mass is 10.1. The Morgan fingerprint density at radius 2 is 1.58 bits per heavy atom. The minimum atomic E-state index is 0.169. The summed E-state index contributed by atoms with van der Waals surface area (Å²) in [5, 5.41) is 0. The molecule has 0 radical (unpaired) electrons. The summed E-state index contributed by atoms with van der Waals surface area (Å²) in [4.78, 5) is 0. The van der Waals surface area contributed by atoms with E-state index in [4.69, 9.17) is 4.74 Å². The first-order valence-electron chi connectivity index (χ1n) is 6.34. The molecular formula is C17H17IO. The zero-order chi connectivity index (χ0) is 13.3. The lowest BCUT2D eigenvalue weighted by Crippen LogP contribution is -2.05. The van der Waals surface area contributed by atoms with Crippen molar-refractivity contribution >= 4 is 28.7 Å². The van der Waals surface area contributed by atoms with Crippen molar-refractivity contribution in [3.8, 4) is 0 Å². The SMILES string of the molecule is ICC(OC/C=C/c1ccccc1)c1ccccc1. The highest BCUT2D eigenvalue weighted by Gasteiger charge is 2.08. The number of ether oxygens (including phenoxy) is 1. The van der Waals surface area contributed by atoms with Crippen LogP contribution < -0.4 is 0 Å². The van der Waals surface area contributed by atoms with Crippen molar-refractivity contribution in [2.45, 2.75) is 6.10 Å². The highest BCUT2D eigenvalue weighted by atomic mass is 127. The third kappa shape index (κ3) is 4.80. The molecule has 98 valence electrons. The van der Waals surface area contributed by atoms with Crippen LogP contribution in [0.3, 0.4) is 0 Å². The smallest absolute Gasteiger partial charge is 0.0918 e. The first-order chi connectivity index (χ1) is 9.40. The van der Waals surface area contributed by atoms with Gasteiger partial charge in [0, 0.05) is 4.43 Å². The molecule has 0 aliphatic rings. The molecular weight excluding hydrogens is 347 g/mol. The Balaban J connectivity index is 1.86. The topological polar surface area (TPSA) is 9.23 Å². The van der Waals surface area contributed by atoms with Gasteiger partial charge < -0.3 is 4.74 Å². The average molecular weight is 364 g/mol. The Bertz CT molecular complexity index is 493. The van der Waals surface area contributed by atoms with Crippen LogP contribution in [-0.4, -0.2) is 11.0 Å². The summed E-state index contributed by atoms with van der Waals surface area (Å²) < 4.78 is 6.86. The maximum atomic E-state index is 5.90. The lowest BCUT2D eigenvalue weighted by molar-refractivity contribution is 0.0947. The summed E-state index contributed by atoms with van der Waals surface area (Å²) in [6, 6.07) is 20.6. The highest BCUT2D eigenvalue weighted by Crippen LogP contribution is 2.19. The van der Waals surface area contributed by atoms with Gasteiger partial charge in [0.2, 0.25) is 0 Å². The zero-order valence-corrected chi connectivity index (χ0v) is 12.9. The van der Waals surface area contributed by atoms with Gasteiger partial charge in [-0.05, 0) is 11.1 Å². The van der Waals surface area contributed by atoms with Crippen LogP contribution in [0.1, 0.15) is 17.2 Å². The molecule has 0 aliphatic heterocycles. The van der Waals surface area contributed by atoms with Crippen LogP contribution in [0.2, 0.25) is 0 Å². The van der Waals surface area contributed by atoms with Gasteiger partial charge in [-0.25, -0.2) is 0 Å². The molecule has 0 spiro atoms. The fraction of sp³-hybridized carbons (Fsp3) is 0.176. The second-order valence-corrected chi connectivity index (χ2v) is 5.08. The van der Waals surface area contributed by atoms with Gasteiger partial charge in [-0.1, -0.05) is 95.4 Å². The monoisotopic (exact) mass is 364 g/mol. The van der Waals surface area contributed by atoms with Gasteiger partial charge in [-0.3, -0.25) is 0 Å². The Labute approximate surface area is 128 Å². The molecule has 0 aromatic heterocycles. The van der Waals surface area contributed by atoms with E-state index < -0.39 is 0 Å². The molecule has 0 N–H and O–H groups in total. The van der Waals surface area contributed by atoms with Crippen molar-refractivity contribution in [2.75, 3.05) is 11.0 Å². The van der Waals surface area contributed by atoms with Crippen molar-refractivity contribution in [3.05, 3.63) is 77.9 Å². The molecule has 0 bridgehead atoms. The second kappa shape index (κ2) is 8.12. The predicted molar refractivity (Wildman–Crippen MR) is 89.5 cm³/mol. The van der Waals surface area contributed by atoms with E-state index in [2.05, 4.69) is 71.1 Å². The second-order valence-electron chi connectivity index (χ2n) is 4.20. The van der Waals surface area contributed by atoms with E-state index in [-0.39, 0.29) is 6.10 Å². The van der Waals surface area contributed by atoms with Crippen molar-refractivity contribution in [3.63, 3.8) is 0 Å². The standard InChI is InChI=1S/C17H17IO/c18-14-17(16-11-5-2-6-12-16)19-13-7-10-15-8-3-1-4-9-15/h1-12,17H,13-14H2/b10-7+. The van der Waals surface area contributed by atoms with Crippen LogP contribution in [0.15, 0.2) is 66.7 Å². The number of benzene rings is 2. The number of hydrogen-bond donors (Lipinski definition) is 0. The van der Waals surface area contributed by atoms with Gasteiger partial charge in [0.1, 0.15) is 0 Å². The minimum Gasteiger partial charge on any atom is -0.369 e. The maximum Gasteiger partial charge on any atom is 0.0918 e. The number of hydrogen-bond acceptors (Lipinski definition) is 1. The van der Waals surface area contributed by atoms with Crippen molar-refractivity contribution < 1.29 is 4.74 Å². The van der Waals surface area contributed by atoms with E-state index in [9.17, 15) is 0 Å². The Morgan fingerprint density at radius 1 is 0.947 bits per heavy atom.